The van der Waals surface area contributed by atoms with E-state index in [1.807, 2.05) is 58.0 Å². The minimum absolute atomic E-state index is 0.0128. The van der Waals surface area contributed by atoms with Crippen LogP contribution >= 0.6 is 0 Å². The summed E-state index contributed by atoms with van der Waals surface area (Å²) in [5.74, 6) is 1.27. The molecule has 1 amide bonds. The van der Waals surface area contributed by atoms with Gasteiger partial charge < -0.3 is 19.5 Å². The topological polar surface area (TPSA) is 80.6 Å². The summed E-state index contributed by atoms with van der Waals surface area (Å²) in [6.07, 6.45) is 1.54. The summed E-state index contributed by atoms with van der Waals surface area (Å²) in [5.41, 5.74) is 3.39. The minimum Gasteiger partial charge on any atom is -0.491 e. The van der Waals surface area contributed by atoms with E-state index in [0.717, 1.165) is 11.1 Å². The van der Waals surface area contributed by atoms with Crippen molar-refractivity contribution < 1.29 is 19.0 Å². The number of hydrogen-bond donors (Lipinski definition) is 1. The summed E-state index contributed by atoms with van der Waals surface area (Å²) in [5, 5.41) is 12.4. The smallest absolute Gasteiger partial charge is 0.266 e. The molecule has 0 aliphatic carbocycles. The average Bonchev–Trinajstić information content (AvgIpc) is 2.82. The quantitative estimate of drug-likeness (QED) is 0.278. The van der Waals surface area contributed by atoms with Gasteiger partial charge in [0, 0.05) is 11.8 Å². The van der Waals surface area contributed by atoms with Gasteiger partial charge in [0.25, 0.3) is 5.91 Å². The minimum atomic E-state index is -0.507. The molecule has 0 aliphatic rings. The van der Waals surface area contributed by atoms with Crippen molar-refractivity contribution in [3.8, 4) is 23.3 Å². The maximum absolute atomic E-state index is 12.7. The van der Waals surface area contributed by atoms with E-state index >= 15 is 0 Å². The van der Waals surface area contributed by atoms with Crippen LogP contribution in [0.1, 0.15) is 37.5 Å². The Morgan fingerprint density at radius 2 is 1.83 bits per heavy atom. The first-order valence-corrected chi connectivity index (χ1v) is 11.5. The fourth-order valence-electron chi connectivity index (χ4n) is 3.40. The zero-order valence-electron chi connectivity index (χ0n) is 20.5. The van der Waals surface area contributed by atoms with Crippen molar-refractivity contribution in [2.45, 2.75) is 40.4 Å². The molecule has 0 aliphatic heterocycles. The first-order chi connectivity index (χ1) is 16.9. The lowest BCUT2D eigenvalue weighted by Crippen LogP contribution is -2.13. The molecule has 0 radical (unpaired) electrons. The van der Waals surface area contributed by atoms with E-state index in [4.69, 9.17) is 14.2 Å². The van der Waals surface area contributed by atoms with Crippen molar-refractivity contribution in [3.05, 3.63) is 89.0 Å². The lowest BCUT2D eigenvalue weighted by Gasteiger charge is -2.13. The van der Waals surface area contributed by atoms with Crippen molar-refractivity contribution in [1.82, 2.24) is 0 Å². The molecule has 6 nitrogen and oxygen atoms in total. The largest absolute Gasteiger partial charge is 0.491 e. The molecule has 0 saturated heterocycles. The van der Waals surface area contributed by atoms with Gasteiger partial charge in [-0.3, -0.25) is 4.79 Å². The monoisotopic (exact) mass is 470 g/mol. The SMILES string of the molecule is CCOc1cc(/C=C(/C#N)C(=O)Nc2cccc(OC(C)C)c2)ccc1OCc1cccc(C)c1. The molecule has 0 unspecified atom stereocenters. The molecule has 0 saturated carbocycles. The number of nitrogens with zero attached hydrogens (tertiary/aromatic N) is 1. The van der Waals surface area contributed by atoms with Crippen LogP contribution in [0.3, 0.4) is 0 Å². The zero-order valence-corrected chi connectivity index (χ0v) is 20.5. The number of rotatable bonds is 10. The van der Waals surface area contributed by atoms with Gasteiger partial charge in [0.05, 0.1) is 12.7 Å². The van der Waals surface area contributed by atoms with E-state index < -0.39 is 5.91 Å². The van der Waals surface area contributed by atoms with Crippen molar-refractivity contribution >= 4 is 17.7 Å². The highest BCUT2D eigenvalue weighted by molar-refractivity contribution is 6.09. The molecule has 3 rings (SSSR count). The van der Waals surface area contributed by atoms with Gasteiger partial charge >= 0.3 is 0 Å². The predicted octanol–water partition coefficient (Wildman–Crippen LogP) is 6.31. The highest BCUT2D eigenvalue weighted by Crippen LogP contribution is 2.30. The van der Waals surface area contributed by atoms with Gasteiger partial charge in [0.1, 0.15) is 24.0 Å². The van der Waals surface area contributed by atoms with E-state index in [9.17, 15) is 10.1 Å². The van der Waals surface area contributed by atoms with Crippen molar-refractivity contribution in [2.24, 2.45) is 0 Å². The van der Waals surface area contributed by atoms with Gasteiger partial charge in [-0.05, 0) is 69.2 Å². The molecule has 0 heterocycles. The molecule has 6 heteroatoms. The summed E-state index contributed by atoms with van der Waals surface area (Å²) in [7, 11) is 0. The number of aryl methyl sites for hydroxylation is 1. The highest BCUT2D eigenvalue weighted by atomic mass is 16.5. The Balaban J connectivity index is 1.76. The Hall–Kier alpha value is -4.24. The number of amides is 1. The van der Waals surface area contributed by atoms with Gasteiger partial charge in [0.15, 0.2) is 11.5 Å². The summed E-state index contributed by atoms with van der Waals surface area (Å²) < 4.78 is 17.4. The predicted molar refractivity (Wildman–Crippen MR) is 138 cm³/mol. The first-order valence-electron chi connectivity index (χ1n) is 11.5. The summed E-state index contributed by atoms with van der Waals surface area (Å²) >= 11 is 0. The second-order valence-electron chi connectivity index (χ2n) is 8.24. The number of hydrogen-bond acceptors (Lipinski definition) is 5. The van der Waals surface area contributed by atoms with Crippen LogP contribution in [0.2, 0.25) is 0 Å². The normalized spacial score (nSPS) is 11.0. The molecule has 0 spiro atoms. The Kier molecular flexibility index (Phi) is 8.91. The molecule has 0 atom stereocenters. The van der Waals surface area contributed by atoms with Crippen LogP contribution in [0.5, 0.6) is 17.2 Å². The molecule has 0 aromatic heterocycles. The van der Waals surface area contributed by atoms with Crippen molar-refractivity contribution in [1.29, 1.82) is 5.26 Å². The van der Waals surface area contributed by atoms with E-state index in [1.165, 1.54) is 6.08 Å². The van der Waals surface area contributed by atoms with E-state index in [2.05, 4.69) is 11.4 Å². The molecular formula is C29H30N2O4. The van der Waals surface area contributed by atoms with E-state index in [1.54, 1.807) is 36.4 Å². The van der Waals surface area contributed by atoms with Gasteiger partial charge in [0.2, 0.25) is 0 Å². The number of benzene rings is 3. The first kappa shape index (κ1) is 25.4. The van der Waals surface area contributed by atoms with Crippen LogP contribution in [0.25, 0.3) is 6.08 Å². The third-order valence-electron chi connectivity index (χ3n) is 4.88. The number of nitrogens with one attached hydrogen (secondary N) is 1. The van der Waals surface area contributed by atoms with E-state index in [0.29, 0.717) is 41.7 Å². The van der Waals surface area contributed by atoms with Crippen LogP contribution < -0.4 is 19.5 Å². The molecule has 3 aromatic carbocycles. The molecule has 3 aromatic rings. The number of carbonyl (C=O) groups excluding carboxylic acids is 1. The van der Waals surface area contributed by atoms with Crippen LogP contribution in [0.15, 0.2) is 72.3 Å². The van der Waals surface area contributed by atoms with Crippen LogP contribution in [-0.4, -0.2) is 18.6 Å². The molecule has 180 valence electrons. The molecule has 0 fully saturated rings. The van der Waals surface area contributed by atoms with Gasteiger partial charge in [-0.2, -0.15) is 5.26 Å². The Labute approximate surface area is 206 Å². The standard InChI is InChI=1S/C29H30N2O4/c1-5-33-28-16-22(12-13-27(28)34-19-23-9-6-8-21(4)14-23)15-24(18-30)29(32)31-25-10-7-11-26(17-25)35-20(2)3/h6-17,20H,5,19H2,1-4H3,(H,31,32)/b24-15-. The average molecular weight is 471 g/mol. The van der Waals surface area contributed by atoms with Crippen LogP contribution in [0, 0.1) is 18.3 Å². The molecule has 35 heavy (non-hydrogen) atoms. The lowest BCUT2D eigenvalue weighted by molar-refractivity contribution is -0.112. The number of anilines is 1. The van der Waals surface area contributed by atoms with Gasteiger partial charge in [-0.25, -0.2) is 0 Å². The number of carbonyl (C=O) groups is 1. The third kappa shape index (κ3) is 7.65. The second kappa shape index (κ2) is 12.3. The molecule has 0 bridgehead atoms. The summed E-state index contributed by atoms with van der Waals surface area (Å²) in [6, 6.07) is 22.5. The lowest BCUT2D eigenvalue weighted by atomic mass is 10.1. The molecular weight excluding hydrogens is 440 g/mol. The Morgan fingerprint density at radius 1 is 1.03 bits per heavy atom. The molecule has 1 N–H and O–H groups in total. The van der Waals surface area contributed by atoms with Gasteiger partial charge in [-0.15, -0.1) is 0 Å². The van der Waals surface area contributed by atoms with Crippen molar-refractivity contribution in [2.75, 3.05) is 11.9 Å². The third-order valence-corrected chi connectivity index (χ3v) is 4.88. The summed E-state index contributed by atoms with van der Waals surface area (Å²) in [6.45, 7) is 8.64. The van der Waals surface area contributed by atoms with Crippen molar-refractivity contribution in [3.63, 3.8) is 0 Å². The zero-order chi connectivity index (χ0) is 25.2. The maximum atomic E-state index is 12.7. The fourth-order valence-corrected chi connectivity index (χ4v) is 3.40. The maximum Gasteiger partial charge on any atom is 0.266 e. The number of ether oxygens (including phenoxy) is 3. The fraction of sp³-hybridized carbons (Fsp3) is 0.241. The van der Waals surface area contributed by atoms with E-state index in [-0.39, 0.29) is 11.7 Å². The van der Waals surface area contributed by atoms with Gasteiger partial charge in [-0.1, -0.05) is 42.0 Å². The summed E-state index contributed by atoms with van der Waals surface area (Å²) in [4.78, 5) is 12.7. The number of nitriles is 1. The second-order valence-corrected chi connectivity index (χ2v) is 8.24. The highest BCUT2D eigenvalue weighted by Gasteiger charge is 2.12. The Bertz CT molecular complexity index is 1240. The van der Waals surface area contributed by atoms with Crippen LogP contribution in [-0.2, 0) is 11.4 Å². The Morgan fingerprint density at radius 3 is 2.54 bits per heavy atom. The van der Waals surface area contributed by atoms with Crippen LogP contribution in [0.4, 0.5) is 5.69 Å².